The molecule has 0 aromatic carbocycles. The molecule has 6 nitrogen and oxygen atoms in total. The number of hydrogen-bond acceptors (Lipinski definition) is 3. The van der Waals surface area contributed by atoms with Crippen molar-refractivity contribution in [2.45, 2.75) is 32.2 Å². The highest BCUT2D eigenvalue weighted by Crippen LogP contribution is 2.23. The molecule has 1 aliphatic heterocycles. The second-order valence-electron chi connectivity index (χ2n) is 5.95. The summed E-state index contributed by atoms with van der Waals surface area (Å²) in [5, 5.41) is 9.34. The number of hydrogen-bond donors (Lipinski definition) is 1. The number of nitrogens with zero attached hydrogens (tertiary/aromatic N) is 3. The van der Waals surface area contributed by atoms with Gasteiger partial charge < -0.3 is 14.4 Å². The van der Waals surface area contributed by atoms with Gasteiger partial charge in [-0.2, -0.15) is 0 Å². The molecule has 1 fully saturated rings. The number of aromatic nitrogens is 2. The number of amides is 1. The van der Waals surface area contributed by atoms with E-state index in [-0.39, 0.29) is 12.3 Å². The zero-order chi connectivity index (χ0) is 15.7. The van der Waals surface area contributed by atoms with Crippen LogP contribution in [0, 0.1) is 5.92 Å². The van der Waals surface area contributed by atoms with Crippen molar-refractivity contribution in [2.24, 2.45) is 5.92 Å². The molecule has 22 heavy (non-hydrogen) atoms. The fourth-order valence-electron chi connectivity index (χ4n) is 3.00. The number of imidazole rings is 1. The Bertz CT molecular complexity index is 676. The number of fused-ring (bicyclic) bond motifs is 1. The lowest BCUT2D eigenvalue weighted by molar-refractivity contribution is -0.152. The highest BCUT2D eigenvalue weighted by Gasteiger charge is 2.34. The van der Waals surface area contributed by atoms with E-state index in [1.807, 2.05) is 41.9 Å². The molecule has 0 radical (unpaired) electrons. The molecule has 0 unspecified atom stereocenters. The molecule has 0 spiro atoms. The summed E-state index contributed by atoms with van der Waals surface area (Å²) in [7, 11) is 0. The van der Waals surface area contributed by atoms with E-state index in [4.69, 9.17) is 0 Å². The summed E-state index contributed by atoms with van der Waals surface area (Å²) in [5.74, 6) is -0.752. The van der Waals surface area contributed by atoms with Crippen molar-refractivity contribution >= 4 is 17.5 Å². The van der Waals surface area contributed by atoms with Crippen LogP contribution in [0.25, 0.3) is 5.65 Å². The number of piperidine rings is 1. The standard InChI is InChI=1S/C16H19N3O3/c1-11-5-7-19(13(8-11)16(21)22)15(20)9-12-10-18-6-3-2-4-14(18)17-12/h2-4,6,10-11,13H,5,7-9H2,1H3,(H,21,22)/t11-,13+/m0/s1. The molecule has 1 aliphatic rings. The fraction of sp³-hybridized carbons (Fsp3) is 0.438. The van der Waals surface area contributed by atoms with Crippen molar-refractivity contribution in [3.05, 3.63) is 36.3 Å². The molecule has 0 aliphatic carbocycles. The second kappa shape index (κ2) is 5.79. The van der Waals surface area contributed by atoms with Crippen molar-refractivity contribution in [1.29, 1.82) is 0 Å². The summed E-state index contributed by atoms with van der Waals surface area (Å²) in [6.07, 6.45) is 5.20. The Morgan fingerprint density at radius 2 is 2.23 bits per heavy atom. The third-order valence-corrected chi connectivity index (χ3v) is 4.22. The molecule has 3 rings (SSSR count). The molecule has 1 N–H and O–H groups in total. The Morgan fingerprint density at radius 3 is 2.95 bits per heavy atom. The average molecular weight is 301 g/mol. The number of aliphatic carboxylic acids is 1. The molecule has 2 atom stereocenters. The quantitative estimate of drug-likeness (QED) is 0.934. The van der Waals surface area contributed by atoms with Gasteiger partial charge in [0.05, 0.1) is 12.1 Å². The van der Waals surface area contributed by atoms with Gasteiger partial charge in [-0.1, -0.05) is 13.0 Å². The molecule has 0 bridgehead atoms. The van der Waals surface area contributed by atoms with Gasteiger partial charge in [0.2, 0.25) is 5.91 Å². The number of carboxylic acid groups (broad SMARTS) is 1. The molecule has 3 heterocycles. The first kappa shape index (κ1) is 14.6. The molecular formula is C16H19N3O3. The van der Waals surface area contributed by atoms with Crippen LogP contribution < -0.4 is 0 Å². The molecular weight excluding hydrogens is 282 g/mol. The number of pyridine rings is 1. The second-order valence-corrected chi connectivity index (χ2v) is 5.95. The van der Waals surface area contributed by atoms with Crippen LogP contribution in [-0.4, -0.2) is 43.9 Å². The lowest BCUT2D eigenvalue weighted by Crippen LogP contribution is -2.50. The van der Waals surface area contributed by atoms with Gasteiger partial charge in [-0.15, -0.1) is 0 Å². The van der Waals surface area contributed by atoms with Crippen LogP contribution in [0.15, 0.2) is 30.6 Å². The van der Waals surface area contributed by atoms with Crippen molar-refractivity contribution in [3.63, 3.8) is 0 Å². The number of carbonyl (C=O) groups is 2. The van der Waals surface area contributed by atoms with E-state index in [1.54, 1.807) is 0 Å². The highest BCUT2D eigenvalue weighted by molar-refractivity contribution is 5.85. The Hall–Kier alpha value is -2.37. The first-order valence-electron chi connectivity index (χ1n) is 7.49. The fourth-order valence-corrected chi connectivity index (χ4v) is 3.00. The minimum Gasteiger partial charge on any atom is -0.480 e. The molecule has 1 amide bonds. The molecule has 6 heteroatoms. The summed E-state index contributed by atoms with van der Waals surface area (Å²) in [5.41, 5.74) is 1.45. The Balaban J connectivity index is 1.76. The zero-order valence-electron chi connectivity index (χ0n) is 12.5. The van der Waals surface area contributed by atoms with E-state index < -0.39 is 12.0 Å². The SMILES string of the molecule is C[C@H]1CCN(C(=O)Cc2cn3ccccc3n2)[C@@H](C(=O)O)C1. The van der Waals surface area contributed by atoms with E-state index in [9.17, 15) is 14.7 Å². The maximum Gasteiger partial charge on any atom is 0.326 e. The van der Waals surface area contributed by atoms with E-state index in [2.05, 4.69) is 4.98 Å². The first-order valence-corrected chi connectivity index (χ1v) is 7.49. The zero-order valence-corrected chi connectivity index (χ0v) is 12.5. The summed E-state index contributed by atoms with van der Waals surface area (Å²) in [6.45, 7) is 2.53. The molecule has 0 saturated carbocycles. The van der Waals surface area contributed by atoms with Crippen molar-refractivity contribution < 1.29 is 14.7 Å². The van der Waals surface area contributed by atoms with E-state index in [1.165, 1.54) is 4.90 Å². The molecule has 2 aromatic rings. The maximum atomic E-state index is 12.5. The minimum absolute atomic E-state index is 0.139. The van der Waals surface area contributed by atoms with Crippen LogP contribution in [0.4, 0.5) is 0 Å². The van der Waals surface area contributed by atoms with Crippen LogP contribution in [0.1, 0.15) is 25.5 Å². The smallest absolute Gasteiger partial charge is 0.326 e. The summed E-state index contributed by atoms with van der Waals surface area (Å²) in [4.78, 5) is 29.8. The minimum atomic E-state index is -0.921. The van der Waals surface area contributed by atoms with Gasteiger partial charge in [-0.3, -0.25) is 4.79 Å². The summed E-state index contributed by atoms with van der Waals surface area (Å²) >= 11 is 0. The van der Waals surface area contributed by atoms with Crippen molar-refractivity contribution in [2.75, 3.05) is 6.54 Å². The number of rotatable bonds is 3. The normalized spacial score (nSPS) is 22.0. The number of carbonyl (C=O) groups excluding carboxylic acids is 1. The number of likely N-dealkylation sites (tertiary alicyclic amines) is 1. The third kappa shape index (κ3) is 2.81. The van der Waals surface area contributed by atoms with E-state index >= 15 is 0 Å². The van der Waals surface area contributed by atoms with Crippen LogP contribution in [0.2, 0.25) is 0 Å². The average Bonchev–Trinajstić information content (AvgIpc) is 2.89. The van der Waals surface area contributed by atoms with Crippen molar-refractivity contribution in [3.8, 4) is 0 Å². The lowest BCUT2D eigenvalue weighted by Gasteiger charge is -2.35. The van der Waals surface area contributed by atoms with Crippen LogP contribution >= 0.6 is 0 Å². The van der Waals surface area contributed by atoms with Gasteiger partial charge in [0, 0.05) is 18.9 Å². The lowest BCUT2D eigenvalue weighted by atomic mass is 9.92. The van der Waals surface area contributed by atoms with Gasteiger partial charge in [0.25, 0.3) is 0 Å². The predicted molar refractivity (Wildman–Crippen MR) is 80.4 cm³/mol. The first-order chi connectivity index (χ1) is 10.5. The Kier molecular flexibility index (Phi) is 3.83. The van der Waals surface area contributed by atoms with E-state index in [0.717, 1.165) is 12.1 Å². The Labute approximate surface area is 128 Å². The maximum absolute atomic E-state index is 12.5. The van der Waals surface area contributed by atoms with Crippen LogP contribution in [0.5, 0.6) is 0 Å². The largest absolute Gasteiger partial charge is 0.480 e. The molecule has 1 saturated heterocycles. The van der Waals surface area contributed by atoms with Crippen molar-refractivity contribution in [1.82, 2.24) is 14.3 Å². The van der Waals surface area contributed by atoms with Crippen LogP contribution in [-0.2, 0) is 16.0 Å². The third-order valence-electron chi connectivity index (χ3n) is 4.22. The summed E-state index contributed by atoms with van der Waals surface area (Å²) in [6, 6.07) is 4.94. The predicted octanol–water partition coefficient (Wildman–Crippen LogP) is 1.59. The molecule has 2 aromatic heterocycles. The van der Waals surface area contributed by atoms with Gasteiger partial charge in [0.1, 0.15) is 11.7 Å². The van der Waals surface area contributed by atoms with Gasteiger partial charge in [-0.25, -0.2) is 9.78 Å². The van der Waals surface area contributed by atoms with Gasteiger partial charge in [0.15, 0.2) is 0 Å². The van der Waals surface area contributed by atoms with Gasteiger partial charge >= 0.3 is 5.97 Å². The topological polar surface area (TPSA) is 74.9 Å². The molecule has 116 valence electrons. The Morgan fingerprint density at radius 1 is 1.41 bits per heavy atom. The monoisotopic (exact) mass is 301 g/mol. The summed E-state index contributed by atoms with van der Waals surface area (Å²) < 4.78 is 1.86. The van der Waals surface area contributed by atoms with E-state index in [0.29, 0.717) is 24.6 Å². The highest BCUT2D eigenvalue weighted by atomic mass is 16.4. The van der Waals surface area contributed by atoms with Crippen LogP contribution in [0.3, 0.4) is 0 Å². The number of carboxylic acids is 1. The van der Waals surface area contributed by atoms with Gasteiger partial charge in [-0.05, 0) is 30.9 Å².